The van der Waals surface area contributed by atoms with Crippen molar-refractivity contribution in [2.75, 3.05) is 5.32 Å². The summed E-state index contributed by atoms with van der Waals surface area (Å²) in [5, 5.41) is 6.96. The van der Waals surface area contributed by atoms with Crippen LogP contribution in [0.25, 0.3) is 0 Å². The van der Waals surface area contributed by atoms with Crippen LogP contribution in [0.15, 0.2) is 22.7 Å². The minimum absolute atomic E-state index is 0.170. The Morgan fingerprint density at radius 2 is 2.00 bits per heavy atom. The molecule has 1 aliphatic rings. The Morgan fingerprint density at radius 3 is 2.57 bits per heavy atom. The maximum atomic E-state index is 11.6. The SMILES string of the molecule is CC(C)(C)OC(=O)NC1CC(Nc2ccc(Br)c(Cl)c2)C1. The number of anilines is 1. The van der Waals surface area contributed by atoms with Gasteiger partial charge in [-0.3, -0.25) is 0 Å². The number of hydrogen-bond donors (Lipinski definition) is 2. The van der Waals surface area contributed by atoms with Crippen molar-refractivity contribution in [1.82, 2.24) is 5.32 Å². The topological polar surface area (TPSA) is 50.4 Å². The van der Waals surface area contributed by atoms with Gasteiger partial charge < -0.3 is 15.4 Å². The number of ether oxygens (including phenoxy) is 1. The summed E-state index contributed by atoms with van der Waals surface area (Å²) >= 11 is 9.42. The first-order chi connectivity index (χ1) is 9.73. The van der Waals surface area contributed by atoms with E-state index < -0.39 is 5.60 Å². The van der Waals surface area contributed by atoms with Crippen molar-refractivity contribution in [1.29, 1.82) is 0 Å². The molecule has 2 rings (SSSR count). The van der Waals surface area contributed by atoms with Gasteiger partial charge in [0.15, 0.2) is 0 Å². The van der Waals surface area contributed by atoms with Gasteiger partial charge in [-0.05, 0) is 67.7 Å². The zero-order valence-electron chi connectivity index (χ0n) is 12.4. The van der Waals surface area contributed by atoms with E-state index in [2.05, 4.69) is 26.6 Å². The second-order valence-corrected chi connectivity index (χ2v) is 7.55. The van der Waals surface area contributed by atoms with Crippen molar-refractivity contribution in [3.8, 4) is 0 Å². The molecule has 0 unspecified atom stereocenters. The lowest BCUT2D eigenvalue weighted by Crippen LogP contribution is -2.50. The number of benzene rings is 1. The molecule has 1 amide bonds. The quantitative estimate of drug-likeness (QED) is 0.813. The van der Waals surface area contributed by atoms with Gasteiger partial charge in [0.2, 0.25) is 0 Å². The Labute approximate surface area is 138 Å². The lowest BCUT2D eigenvalue weighted by atomic mass is 9.86. The molecule has 1 saturated carbocycles. The number of carbonyl (C=O) groups is 1. The van der Waals surface area contributed by atoms with E-state index in [9.17, 15) is 4.79 Å². The zero-order chi connectivity index (χ0) is 15.6. The molecule has 1 aromatic rings. The highest BCUT2D eigenvalue weighted by Crippen LogP contribution is 2.29. The second-order valence-electron chi connectivity index (χ2n) is 6.28. The predicted molar refractivity (Wildman–Crippen MR) is 89.0 cm³/mol. The minimum Gasteiger partial charge on any atom is -0.444 e. The predicted octanol–water partition coefficient (Wildman–Crippen LogP) is 4.57. The van der Waals surface area contributed by atoms with E-state index in [1.165, 1.54) is 0 Å². The van der Waals surface area contributed by atoms with Gasteiger partial charge in [0.1, 0.15) is 5.60 Å². The van der Waals surface area contributed by atoms with Crippen LogP contribution in [-0.2, 0) is 4.74 Å². The first-order valence-corrected chi connectivity index (χ1v) is 8.11. The number of carbonyl (C=O) groups excluding carboxylic acids is 1. The summed E-state index contributed by atoms with van der Waals surface area (Å²) in [5.41, 5.74) is 0.531. The van der Waals surface area contributed by atoms with Crippen LogP contribution in [0.1, 0.15) is 33.6 Å². The van der Waals surface area contributed by atoms with Gasteiger partial charge in [0.25, 0.3) is 0 Å². The Morgan fingerprint density at radius 1 is 1.33 bits per heavy atom. The number of halogens is 2. The summed E-state index contributed by atoms with van der Waals surface area (Å²) in [6.07, 6.45) is 1.41. The Kier molecular flexibility index (Phi) is 5.04. The molecule has 0 radical (unpaired) electrons. The Balaban J connectivity index is 1.74. The van der Waals surface area contributed by atoms with Crippen LogP contribution in [0.5, 0.6) is 0 Å². The van der Waals surface area contributed by atoms with Crippen LogP contribution >= 0.6 is 27.5 Å². The lowest BCUT2D eigenvalue weighted by molar-refractivity contribution is 0.0475. The van der Waals surface area contributed by atoms with Crippen molar-refractivity contribution in [2.24, 2.45) is 0 Å². The molecular weight excluding hydrogens is 356 g/mol. The maximum Gasteiger partial charge on any atom is 0.407 e. The van der Waals surface area contributed by atoms with Gasteiger partial charge in [-0.1, -0.05) is 11.6 Å². The molecule has 1 aliphatic carbocycles. The van der Waals surface area contributed by atoms with Crippen LogP contribution in [0, 0.1) is 0 Å². The molecule has 4 nitrogen and oxygen atoms in total. The van der Waals surface area contributed by atoms with Gasteiger partial charge in [0, 0.05) is 22.2 Å². The number of rotatable bonds is 3. The van der Waals surface area contributed by atoms with Crippen molar-refractivity contribution in [2.45, 2.75) is 51.3 Å². The number of alkyl carbamates (subject to hydrolysis) is 1. The van der Waals surface area contributed by atoms with E-state index in [4.69, 9.17) is 16.3 Å². The van der Waals surface area contributed by atoms with Gasteiger partial charge >= 0.3 is 6.09 Å². The van der Waals surface area contributed by atoms with Gasteiger partial charge in [0.05, 0.1) is 5.02 Å². The highest BCUT2D eigenvalue weighted by Gasteiger charge is 2.31. The van der Waals surface area contributed by atoms with Crippen LogP contribution in [0.3, 0.4) is 0 Å². The fraction of sp³-hybridized carbons (Fsp3) is 0.533. The van der Waals surface area contributed by atoms with Crippen LogP contribution < -0.4 is 10.6 Å². The molecule has 6 heteroatoms. The van der Waals surface area contributed by atoms with E-state index in [1.54, 1.807) is 0 Å². The van der Waals surface area contributed by atoms with Crippen LogP contribution in [0.4, 0.5) is 10.5 Å². The number of nitrogens with one attached hydrogen (secondary N) is 2. The van der Waals surface area contributed by atoms with Crippen molar-refractivity contribution in [3.63, 3.8) is 0 Å². The van der Waals surface area contributed by atoms with E-state index >= 15 is 0 Å². The maximum absolute atomic E-state index is 11.6. The van der Waals surface area contributed by atoms with Crippen molar-refractivity contribution >= 4 is 39.3 Å². The molecule has 0 spiro atoms. The molecule has 0 atom stereocenters. The molecular formula is C15H20BrClN2O2. The normalized spacial score (nSPS) is 21.4. The average molecular weight is 376 g/mol. The average Bonchev–Trinajstić information content (AvgIpc) is 2.28. The third-order valence-corrected chi connectivity index (χ3v) is 4.38. The molecule has 116 valence electrons. The summed E-state index contributed by atoms with van der Waals surface area (Å²) in [6.45, 7) is 5.57. The van der Waals surface area contributed by atoms with Gasteiger partial charge in [-0.2, -0.15) is 0 Å². The fourth-order valence-electron chi connectivity index (χ4n) is 2.15. The second kappa shape index (κ2) is 6.44. The van der Waals surface area contributed by atoms with Crippen LogP contribution in [-0.4, -0.2) is 23.8 Å². The molecule has 0 aromatic heterocycles. The first-order valence-electron chi connectivity index (χ1n) is 6.94. The minimum atomic E-state index is -0.459. The smallest absolute Gasteiger partial charge is 0.407 e. The molecule has 0 saturated heterocycles. The van der Waals surface area contributed by atoms with E-state index in [1.807, 2.05) is 39.0 Å². The molecule has 0 heterocycles. The summed E-state index contributed by atoms with van der Waals surface area (Å²) in [7, 11) is 0. The molecule has 0 bridgehead atoms. The highest BCUT2D eigenvalue weighted by molar-refractivity contribution is 9.10. The summed E-state index contributed by atoms with van der Waals surface area (Å²) in [4.78, 5) is 11.6. The first kappa shape index (κ1) is 16.4. The molecule has 1 fully saturated rings. The standard InChI is InChI=1S/C15H20BrClN2O2/c1-15(2,3)21-14(20)19-11-6-10(7-11)18-9-4-5-12(16)13(17)8-9/h4-5,8,10-11,18H,6-7H2,1-3H3,(H,19,20). The van der Waals surface area contributed by atoms with E-state index in [-0.39, 0.29) is 12.1 Å². The molecule has 0 aliphatic heterocycles. The van der Waals surface area contributed by atoms with E-state index in [0.717, 1.165) is 23.0 Å². The summed E-state index contributed by atoms with van der Waals surface area (Å²) < 4.78 is 6.12. The van der Waals surface area contributed by atoms with Crippen molar-refractivity contribution in [3.05, 3.63) is 27.7 Å². The Bertz CT molecular complexity index is 525. The Hall–Kier alpha value is -0.940. The largest absolute Gasteiger partial charge is 0.444 e. The molecule has 1 aromatic carbocycles. The van der Waals surface area contributed by atoms with Crippen LogP contribution in [0.2, 0.25) is 5.02 Å². The van der Waals surface area contributed by atoms with E-state index in [0.29, 0.717) is 11.1 Å². The monoisotopic (exact) mass is 374 g/mol. The number of hydrogen-bond acceptors (Lipinski definition) is 3. The highest BCUT2D eigenvalue weighted by atomic mass is 79.9. The summed E-state index contributed by atoms with van der Waals surface area (Å²) in [6, 6.07) is 6.30. The molecule has 2 N–H and O–H groups in total. The van der Waals surface area contributed by atoms with Gasteiger partial charge in [-0.25, -0.2) is 4.79 Å². The summed E-state index contributed by atoms with van der Waals surface area (Å²) in [5.74, 6) is 0. The third-order valence-electron chi connectivity index (χ3n) is 3.15. The third kappa shape index (κ3) is 5.08. The van der Waals surface area contributed by atoms with Crippen molar-refractivity contribution < 1.29 is 9.53 Å². The fourth-order valence-corrected chi connectivity index (χ4v) is 2.58. The lowest BCUT2D eigenvalue weighted by Gasteiger charge is -2.37. The zero-order valence-corrected chi connectivity index (χ0v) is 14.7. The number of amides is 1. The van der Waals surface area contributed by atoms with Gasteiger partial charge in [-0.15, -0.1) is 0 Å². The molecule has 21 heavy (non-hydrogen) atoms.